The second-order valence-corrected chi connectivity index (χ2v) is 5.50. The molecule has 0 atom stereocenters. The van der Waals surface area contributed by atoms with Crippen LogP contribution in [0.15, 0.2) is 36.5 Å². The molecule has 1 N–H and O–H groups in total. The molecule has 0 radical (unpaired) electrons. The van der Waals surface area contributed by atoms with E-state index in [-0.39, 0.29) is 0 Å². The summed E-state index contributed by atoms with van der Waals surface area (Å²) in [6.45, 7) is 4.22. The van der Waals surface area contributed by atoms with Crippen LogP contribution in [-0.4, -0.2) is 9.97 Å². The minimum absolute atomic E-state index is 0.665. The predicted octanol–water partition coefficient (Wildman–Crippen LogP) is 4.36. The molecule has 0 saturated carbocycles. The molecular weight excluding hydrogens is 258 g/mol. The first kappa shape index (κ1) is 11.9. The fourth-order valence-corrected chi connectivity index (χ4v) is 2.88. The van der Waals surface area contributed by atoms with Crippen molar-refractivity contribution in [2.45, 2.75) is 13.8 Å². The van der Waals surface area contributed by atoms with Gasteiger partial charge in [0.1, 0.15) is 0 Å². The van der Waals surface area contributed by atoms with Gasteiger partial charge in [0.15, 0.2) is 0 Å². The molecule has 4 aromatic rings. The first-order valence-electron chi connectivity index (χ1n) is 6.89. The van der Waals surface area contributed by atoms with E-state index in [1.807, 2.05) is 24.4 Å². The van der Waals surface area contributed by atoms with Gasteiger partial charge in [-0.05, 0) is 49.2 Å². The van der Waals surface area contributed by atoms with Crippen molar-refractivity contribution < 1.29 is 0 Å². The van der Waals surface area contributed by atoms with Crippen LogP contribution in [0, 0.1) is 25.2 Å². The molecule has 0 aliphatic heterocycles. The Morgan fingerprint density at radius 1 is 1.00 bits per heavy atom. The maximum absolute atomic E-state index is 9.03. The number of nitrogens with one attached hydrogen (secondary N) is 1. The molecule has 0 unspecified atom stereocenters. The van der Waals surface area contributed by atoms with Gasteiger partial charge in [-0.1, -0.05) is 6.07 Å². The Labute approximate surface area is 121 Å². The fraction of sp³-hybridized carbons (Fsp3) is 0.111. The molecule has 21 heavy (non-hydrogen) atoms. The molecule has 3 heteroatoms. The third kappa shape index (κ3) is 1.63. The average Bonchev–Trinajstić information content (AvgIpc) is 2.86. The average molecular weight is 271 g/mol. The molecule has 2 aromatic heterocycles. The summed E-state index contributed by atoms with van der Waals surface area (Å²) in [5.74, 6) is 0. The molecule has 0 aliphatic carbocycles. The van der Waals surface area contributed by atoms with Gasteiger partial charge in [-0.2, -0.15) is 5.26 Å². The molecule has 0 spiro atoms. The van der Waals surface area contributed by atoms with Crippen molar-refractivity contribution in [3.63, 3.8) is 0 Å². The van der Waals surface area contributed by atoms with Crippen LogP contribution in [0.1, 0.15) is 16.7 Å². The van der Waals surface area contributed by atoms with E-state index in [1.165, 1.54) is 11.1 Å². The highest BCUT2D eigenvalue weighted by Crippen LogP contribution is 2.31. The number of fused-ring (bicyclic) bond motifs is 5. The highest BCUT2D eigenvalue weighted by molar-refractivity contribution is 6.15. The van der Waals surface area contributed by atoms with Crippen LogP contribution in [0.4, 0.5) is 0 Å². The molecular formula is C18H13N3. The van der Waals surface area contributed by atoms with Gasteiger partial charge in [0.25, 0.3) is 0 Å². The summed E-state index contributed by atoms with van der Waals surface area (Å²) >= 11 is 0. The second-order valence-electron chi connectivity index (χ2n) is 5.50. The Balaban J connectivity index is 2.20. The standard InChI is InChI=1S/C18H13N3/c1-10-5-14-16(6-11(10)2)20-9-15-13-4-3-12(8-19)7-17(13)21-18(14)15/h3-7,9,21H,1-2H3. The molecule has 2 aromatic carbocycles. The normalized spacial score (nSPS) is 11.3. The van der Waals surface area contributed by atoms with Gasteiger partial charge >= 0.3 is 0 Å². The third-order valence-corrected chi connectivity index (χ3v) is 4.18. The molecule has 4 rings (SSSR count). The highest BCUT2D eigenvalue weighted by atomic mass is 14.7. The first-order valence-corrected chi connectivity index (χ1v) is 6.89. The molecule has 0 aliphatic rings. The van der Waals surface area contributed by atoms with Gasteiger partial charge in [0.2, 0.25) is 0 Å². The van der Waals surface area contributed by atoms with Gasteiger partial charge < -0.3 is 4.98 Å². The Hall–Kier alpha value is -2.86. The van der Waals surface area contributed by atoms with Gasteiger partial charge in [0, 0.05) is 27.9 Å². The number of rotatable bonds is 0. The van der Waals surface area contributed by atoms with Crippen LogP contribution in [0.25, 0.3) is 32.7 Å². The summed E-state index contributed by atoms with van der Waals surface area (Å²) in [5.41, 5.74) is 6.24. The monoisotopic (exact) mass is 271 g/mol. The summed E-state index contributed by atoms with van der Waals surface area (Å²) in [6.07, 6.45) is 1.91. The largest absolute Gasteiger partial charge is 0.354 e. The SMILES string of the molecule is Cc1cc2ncc3c4ccc(C#N)cc4[nH]c3c2cc1C. The van der Waals surface area contributed by atoms with Crippen molar-refractivity contribution in [3.8, 4) is 6.07 Å². The zero-order valence-electron chi connectivity index (χ0n) is 11.9. The van der Waals surface area contributed by atoms with Gasteiger partial charge in [-0.15, -0.1) is 0 Å². The second kappa shape index (κ2) is 4.07. The smallest absolute Gasteiger partial charge is 0.0992 e. The van der Waals surface area contributed by atoms with Crippen LogP contribution in [-0.2, 0) is 0 Å². The lowest BCUT2D eigenvalue weighted by atomic mass is 10.0. The lowest BCUT2D eigenvalue weighted by Gasteiger charge is -2.04. The fourth-order valence-electron chi connectivity index (χ4n) is 2.88. The van der Waals surface area contributed by atoms with Crippen molar-refractivity contribution in [2.24, 2.45) is 0 Å². The molecule has 0 bridgehead atoms. The third-order valence-electron chi connectivity index (χ3n) is 4.18. The Morgan fingerprint density at radius 2 is 1.81 bits per heavy atom. The predicted molar refractivity (Wildman–Crippen MR) is 85.3 cm³/mol. The van der Waals surface area contributed by atoms with Crippen molar-refractivity contribution in [3.05, 3.63) is 53.2 Å². The van der Waals surface area contributed by atoms with Crippen LogP contribution in [0.3, 0.4) is 0 Å². The van der Waals surface area contributed by atoms with Crippen molar-refractivity contribution in [1.82, 2.24) is 9.97 Å². The maximum atomic E-state index is 9.03. The number of hydrogen-bond donors (Lipinski definition) is 1. The molecule has 3 nitrogen and oxygen atoms in total. The van der Waals surface area contributed by atoms with E-state index >= 15 is 0 Å². The van der Waals surface area contributed by atoms with Crippen molar-refractivity contribution in [1.29, 1.82) is 5.26 Å². The van der Waals surface area contributed by atoms with Crippen LogP contribution >= 0.6 is 0 Å². The zero-order valence-corrected chi connectivity index (χ0v) is 11.9. The topological polar surface area (TPSA) is 52.5 Å². The van der Waals surface area contributed by atoms with Crippen molar-refractivity contribution in [2.75, 3.05) is 0 Å². The lowest BCUT2D eigenvalue weighted by Crippen LogP contribution is -1.86. The van der Waals surface area contributed by atoms with Crippen LogP contribution < -0.4 is 0 Å². The number of benzene rings is 2. The van der Waals surface area contributed by atoms with E-state index in [0.29, 0.717) is 5.56 Å². The number of nitriles is 1. The summed E-state index contributed by atoms with van der Waals surface area (Å²) in [6, 6.07) is 12.2. The Bertz CT molecular complexity index is 1060. The number of pyridine rings is 1. The van der Waals surface area contributed by atoms with Crippen LogP contribution in [0.2, 0.25) is 0 Å². The minimum Gasteiger partial charge on any atom is -0.354 e. The zero-order chi connectivity index (χ0) is 14.6. The lowest BCUT2D eigenvalue weighted by molar-refractivity contribution is 1.34. The summed E-state index contributed by atoms with van der Waals surface area (Å²) in [5, 5.41) is 12.4. The van der Waals surface area contributed by atoms with Crippen LogP contribution in [0.5, 0.6) is 0 Å². The quantitative estimate of drug-likeness (QED) is 0.516. The van der Waals surface area contributed by atoms with E-state index < -0.39 is 0 Å². The Morgan fingerprint density at radius 3 is 2.62 bits per heavy atom. The molecule has 0 amide bonds. The number of hydrogen-bond acceptors (Lipinski definition) is 2. The summed E-state index contributed by atoms with van der Waals surface area (Å²) in [4.78, 5) is 8.04. The molecule has 0 fully saturated rings. The van der Waals surface area contributed by atoms with E-state index in [9.17, 15) is 0 Å². The van der Waals surface area contributed by atoms with E-state index in [1.54, 1.807) is 0 Å². The number of aromatic amines is 1. The van der Waals surface area contributed by atoms with Gasteiger partial charge in [-0.25, -0.2) is 0 Å². The maximum Gasteiger partial charge on any atom is 0.0992 e. The van der Waals surface area contributed by atoms with Gasteiger partial charge in [-0.3, -0.25) is 4.98 Å². The molecule has 2 heterocycles. The van der Waals surface area contributed by atoms with Gasteiger partial charge in [0.05, 0.1) is 22.7 Å². The number of nitrogens with zero attached hydrogens (tertiary/aromatic N) is 2. The number of aryl methyl sites for hydroxylation is 2. The number of H-pyrrole nitrogens is 1. The highest BCUT2D eigenvalue weighted by Gasteiger charge is 2.10. The van der Waals surface area contributed by atoms with E-state index in [4.69, 9.17) is 5.26 Å². The molecule has 100 valence electrons. The van der Waals surface area contributed by atoms with E-state index in [2.05, 4.69) is 42.0 Å². The summed E-state index contributed by atoms with van der Waals surface area (Å²) < 4.78 is 0. The molecule has 0 saturated heterocycles. The van der Waals surface area contributed by atoms with Crippen molar-refractivity contribution >= 4 is 32.7 Å². The first-order chi connectivity index (χ1) is 10.2. The number of aromatic nitrogens is 2. The van der Waals surface area contributed by atoms with E-state index in [0.717, 1.165) is 32.7 Å². The Kier molecular flexibility index (Phi) is 2.31. The minimum atomic E-state index is 0.665. The summed E-state index contributed by atoms with van der Waals surface area (Å²) in [7, 11) is 0.